The van der Waals surface area contributed by atoms with Crippen molar-refractivity contribution in [2.45, 2.75) is 58.4 Å². The van der Waals surface area contributed by atoms with Crippen molar-refractivity contribution in [3.63, 3.8) is 0 Å². The maximum atomic E-state index is 5.59. The minimum atomic E-state index is 0.930. The van der Waals surface area contributed by atoms with Crippen molar-refractivity contribution in [2.75, 3.05) is 18.9 Å². The zero-order valence-corrected chi connectivity index (χ0v) is 14.0. The third-order valence-corrected chi connectivity index (χ3v) is 3.96. The second kappa shape index (κ2) is 10.5. The van der Waals surface area contributed by atoms with E-state index in [2.05, 4.69) is 33.9 Å². The summed E-state index contributed by atoms with van der Waals surface area (Å²) in [4.78, 5) is 2.35. The first-order valence-corrected chi connectivity index (χ1v) is 8.64. The van der Waals surface area contributed by atoms with Crippen LogP contribution in [0.3, 0.4) is 0 Å². The fourth-order valence-corrected chi connectivity index (χ4v) is 2.67. The fraction of sp³-hybridized carbons (Fsp3) is 0.750. The van der Waals surface area contributed by atoms with Gasteiger partial charge in [0.15, 0.2) is 0 Å². The second-order valence-corrected chi connectivity index (χ2v) is 6.21. The maximum Gasteiger partial charge on any atom is 0.118 e. The van der Waals surface area contributed by atoms with E-state index in [1.54, 1.807) is 0 Å². The molecule has 19 heavy (non-hydrogen) atoms. The first-order chi connectivity index (χ1) is 9.22. The van der Waals surface area contributed by atoms with Crippen LogP contribution in [0.2, 0.25) is 0 Å². The van der Waals surface area contributed by atoms with Crippen molar-refractivity contribution in [1.29, 1.82) is 0 Å². The average molecular weight is 330 g/mol. The van der Waals surface area contributed by atoms with Crippen LogP contribution in [0, 0.1) is 6.92 Å². The van der Waals surface area contributed by atoms with Gasteiger partial charge in [0.2, 0.25) is 0 Å². The first kappa shape index (κ1) is 16.8. The van der Waals surface area contributed by atoms with Crippen LogP contribution in [0.25, 0.3) is 0 Å². The van der Waals surface area contributed by atoms with Crippen molar-refractivity contribution in [3.05, 3.63) is 23.7 Å². The Kier molecular flexibility index (Phi) is 9.27. The molecule has 0 aromatic carbocycles. The Bertz CT molecular complexity index is 324. The summed E-state index contributed by atoms with van der Waals surface area (Å²) in [5.74, 6) is 2.08. The fourth-order valence-electron chi connectivity index (χ4n) is 2.28. The lowest BCUT2D eigenvalue weighted by Gasteiger charge is -2.14. The van der Waals surface area contributed by atoms with Crippen molar-refractivity contribution >= 4 is 15.9 Å². The molecule has 0 spiro atoms. The zero-order valence-electron chi connectivity index (χ0n) is 12.5. The molecular formula is C16H28BrNO. The number of halogens is 1. The van der Waals surface area contributed by atoms with Gasteiger partial charge < -0.3 is 4.42 Å². The largest absolute Gasteiger partial charge is 0.465 e. The van der Waals surface area contributed by atoms with Gasteiger partial charge in [0.25, 0.3) is 0 Å². The number of unbranched alkanes of at least 4 members (excludes halogenated alkanes) is 6. The standard InChI is InChI=1S/C16H28BrNO/c1-15-10-11-16(19-15)14-18(2)13-9-7-5-3-4-6-8-12-17/h10-11H,3-9,12-14H2,1-2H3. The van der Waals surface area contributed by atoms with Crippen LogP contribution in [-0.4, -0.2) is 23.8 Å². The van der Waals surface area contributed by atoms with E-state index in [9.17, 15) is 0 Å². The molecule has 1 heterocycles. The highest BCUT2D eigenvalue weighted by molar-refractivity contribution is 9.09. The summed E-state index contributed by atoms with van der Waals surface area (Å²) in [5.41, 5.74) is 0. The number of hydrogen-bond donors (Lipinski definition) is 0. The minimum absolute atomic E-state index is 0.930. The first-order valence-electron chi connectivity index (χ1n) is 7.52. The molecule has 0 saturated carbocycles. The van der Waals surface area contributed by atoms with E-state index in [4.69, 9.17) is 4.42 Å². The molecule has 0 atom stereocenters. The Balaban J connectivity index is 1.94. The van der Waals surface area contributed by atoms with Crippen LogP contribution in [-0.2, 0) is 6.54 Å². The molecule has 1 aromatic heterocycles. The Morgan fingerprint density at radius 3 is 2.21 bits per heavy atom. The molecule has 0 amide bonds. The van der Waals surface area contributed by atoms with E-state index in [0.717, 1.165) is 23.4 Å². The minimum Gasteiger partial charge on any atom is -0.465 e. The highest BCUT2D eigenvalue weighted by Gasteiger charge is 2.03. The van der Waals surface area contributed by atoms with Gasteiger partial charge in [-0.05, 0) is 45.5 Å². The molecule has 1 aromatic rings. The number of hydrogen-bond acceptors (Lipinski definition) is 2. The van der Waals surface area contributed by atoms with E-state index in [-0.39, 0.29) is 0 Å². The Morgan fingerprint density at radius 2 is 1.63 bits per heavy atom. The monoisotopic (exact) mass is 329 g/mol. The lowest BCUT2D eigenvalue weighted by molar-refractivity contribution is 0.285. The molecule has 110 valence electrons. The molecule has 0 N–H and O–H groups in total. The summed E-state index contributed by atoms with van der Waals surface area (Å²) >= 11 is 3.47. The van der Waals surface area contributed by atoms with Gasteiger partial charge in [-0.2, -0.15) is 0 Å². The lowest BCUT2D eigenvalue weighted by atomic mass is 10.1. The third-order valence-electron chi connectivity index (χ3n) is 3.40. The number of rotatable bonds is 11. The predicted molar refractivity (Wildman–Crippen MR) is 85.9 cm³/mol. The van der Waals surface area contributed by atoms with Crippen LogP contribution in [0.15, 0.2) is 16.5 Å². The van der Waals surface area contributed by atoms with E-state index < -0.39 is 0 Å². The summed E-state index contributed by atoms with van der Waals surface area (Å²) < 4.78 is 5.59. The van der Waals surface area contributed by atoms with Crippen LogP contribution in [0.1, 0.15) is 56.5 Å². The lowest BCUT2D eigenvalue weighted by Crippen LogP contribution is -2.18. The highest BCUT2D eigenvalue weighted by atomic mass is 79.9. The van der Waals surface area contributed by atoms with Gasteiger partial charge in [-0.3, -0.25) is 4.90 Å². The number of furan rings is 1. The number of alkyl halides is 1. The highest BCUT2D eigenvalue weighted by Crippen LogP contribution is 2.11. The quantitative estimate of drug-likeness (QED) is 0.412. The van der Waals surface area contributed by atoms with Crippen LogP contribution < -0.4 is 0 Å². The smallest absolute Gasteiger partial charge is 0.118 e. The zero-order chi connectivity index (χ0) is 13.9. The molecule has 2 nitrogen and oxygen atoms in total. The summed E-state index contributed by atoms with van der Waals surface area (Å²) in [6.45, 7) is 4.10. The summed E-state index contributed by atoms with van der Waals surface area (Å²) in [6.07, 6.45) is 9.54. The number of aryl methyl sites for hydroxylation is 1. The van der Waals surface area contributed by atoms with Gasteiger partial charge >= 0.3 is 0 Å². The van der Waals surface area contributed by atoms with Gasteiger partial charge in [-0.25, -0.2) is 0 Å². The van der Waals surface area contributed by atoms with Crippen LogP contribution >= 0.6 is 15.9 Å². The third kappa shape index (κ3) is 8.48. The molecule has 1 rings (SSSR count). The van der Waals surface area contributed by atoms with Gasteiger partial charge in [0, 0.05) is 5.33 Å². The van der Waals surface area contributed by atoms with Gasteiger partial charge in [-0.1, -0.05) is 48.0 Å². The predicted octanol–water partition coefficient (Wildman–Crippen LogP) is 5.15. The normalized spacial score (nSPS) is 11.4. The van der Waals surface area contributed by atoms with E-state index >= 15 is 0 Å². The number of nitrogens with zero attached hydrogens (tertiary/aromatic N) is 1. The summed E-state index contributed by atoms with van der Waals surface area (Å²) in [7, 11) is 2.17. The molecule has 0 aliphatic rings. The van der Waals surface area contributed by atoms with Gasteiger partial charge in [-0.15, -0.1) is 0 Å². The van der Waals surface area contributed by atoms with E-state index in [1.165, 1.54) is 51.5 Å². The van der Waals surface area contributed by atoms with Crippen molar-refractivity contribution in [2.24, 2.45) is 0 Å². The molecule has 0 saturated heterocycles. The molecule has 0 aliphatic carbocycles. The van der Waals surface area contributed by atoms with Gasteiger partial charge in [0.1, 0.15) is 11.5 Å². The molecule has 0 bridgehead atoms. The Hall–Kier alpha value is -0.280. The van der Waals surface area contributed by atoms with E-state index in [0.29, 0.717) is 0 Å². The summed E-state index contributed by atoms with van der Waals surface area (Å²) in [5, 5.41) is 1.16. The Morgan fingerprint density at radius 1 is 1.00 bits per heavy atom. The maximum absolute atomic E-state index is 5.59. The topological polar surface area (TPSA) is 16.4 Å². The molecule has 0 fully saturated rings. The van der Waals surface area contributed by atoms with Crippen LogP contribution in [0.4, 0.5) is 0 Å². The molecule has 0 unspecified atom stereocenters. The van der Waals surface area contributed by atoms with Gasteiger partial charge in [0.05, 0.1) is 6.54 Å². The average Bonchev–Trinajstić information content (AvgIpc) is 2.78. The van der Waals surface area contributed by atoms with Crippen molar-refractivity contribution in [3.8, 4) is 0 Å². The van der Waals surface area contributed by atoms with Crippen LogP contribution in [0.5, 0.6) is 0 Å². The molecule has 0 radical (unpaired) electrons. The molecule has 0 aliphatic heterocycles. The Labute approximate surface area is 126 Å². The SMILES string of the molecule is Cc1ccc(CN(C)CCCCCCCCCBr)o1. The molecule has 3 heteroatoms. The van der Waals surface area contributed by atoms with Crippen molar-refractivity contribution < 1.29 is 4.42 Å². The van der Waals surface area contributed by atoms with Crippen molar-refractivity contribution in [1.82, 2.24) is 4.90 Å². The second-order valence-electron chi connectivity index (χ2n) is 5.41. The molecular weight excluding hydrogens is 302 g/mol. The van der Waals surface area contributed by atoms with E-state index in [1.807, 2.05) is 13.0 Å². The summed E-state index contributed by atoms with van der Waals surface area (Å²) in [6, 6.07) is 4.12.